The summed E-state index contributed by atoms with van der Waals surface area (Å²) in [7, 11) is 0. The summed E-state index contributed by atoms with van der Waals surface area (Å²) in [4.78, 5) is 13.8. The van der Waals surface area contributed by atoms with E-state index in [1.54, 1.807) is 11.3 Å². The largest absolute Gasteiger partial charge is 0.390 e. The molecule has 9 heteroatoms. The second-order valence-electron chi connectivity index (χ2n) is 11.1. The summed E-state index contributed by atoms with van der Waals surface area (Å²) in [6, 6.07) is 20.6. The molecule has 3 aromatic heterocycles. The lowest BCUT2D eigenvalue weighted by Crippen LogP contribution is -2.34. The lowest BCUT2D eigenvalue weighted by atomic mass is 10.1. The first kappa shape index (κ1) is 28.6. The van der Waals surface area contributed by atoms with Crippen LogP contribution in [0.4, 0.5) is 0 Å². The van der Waals surface area contributed by atoms with E-state index in [9.17, 15) is 10.2 Å². The third-order valence-corrected chi connectivity index (χ3v) is 9.10. The van der Waals surface area contributed by atoms with Crippen LogP contribution in [0.15, 0.2) is 84.8 Å². The number of aliphatic hydroxyl groups is 2. The lowest BCUT2D eigenvalue weighted by molar-refractivity contribution is 0.00695. The Hall–Kier alpha value is -3.47. The summed E-state index contributed by atoms with van der Waals surface area (Å²) in [5.41, 5.74) is 5.30. The van der Waals surface area contributed by atoms with E-state index < -0.39 is 12.2 Å². The van der Waals surface area contributed by atoms with Gasteiger partial charge in [0.25, 0.3) is 0 Å². The van der Waals surface area contributed by atoms with Crippen molar-refractivity contribution >= 4 is 22.4 Å². The van der Waals surface area contributed by atoms with Crippen molar-refractivity contribution in [1.82, 2.24) is 30.2 Å². The second kappa shape index (κ2) is 13.7. The molecule has 218 valence electrons. The van der Waals surface area contributed by atoms with Crippen molar-refractivity contribution in [2.45, 2.75) is 43.9 Å². The van der Waals surface area contributed by atoms with Gasteiger partial charge in [-0.05, 0) is 50.0 Å². The number of aliphatic hydroxyl groups excluding tert-OH is 2. The van der Waals surface area contributed by atoms with Gasteiger partial charge in [0.2, 0.25) is 0 Å². The number of thiazole rings is 1. The van der Waals surface area contributed by atoms with Crippen LogP contribution in [-0.4, -0.2) is 68.1 Å². The van der Waals surface area contributed by atoms with E-state index in [0.29, 0.717) is 13.0 Å². The van der Waals surface area contributed by atoms with Crippen LogP contribution in [-0.2, 0) is 12.8 Å². The Morgan fingerprint density at radius 1 is 0.905 bits per heavy atom. The summed E-state index contributed by atoms with van der Waals surface area (Å²) >= 11 is 1.61. The Labute approximate surface area is 250 Å². The minimum Gasteiger partial charge on any atom is -0.390 e. The molecule has 0 aliphatic heterocycles. The van der Waals surface area contributed by atoms with Crippen molar-refractivity contribution in [3.63, 3.8) is 0 Å². The molecule has 1 saturated carbocycles. The number of nitrogens with one attached hydrogen (secondary N) is 2. The third-order valence-electron chi connectivity index (χ3n) is 8.18. The van der Waals surface area contributed by atoms with Crippen LogP contribution in [0.25, 0.3) is 21.6 Å². The van der Waals surface area contributed by atoms with Crippen LogP contribution in [0.2, 0.25) is 0 Å². The van der Waals surface area contributed by atoms with Crippen LogP contribution in [0, 0.1) is 5.92 Å². The molecule has 3 heterocycles. The predicted octanol–water partition coefficient (Wildman–Crippen LogP) is 4.24. The highest BCUT2D eigenvalue weighted by molar-refractivity contribution is 7.13. The number of fused-ring (bicyclic) bond motifs is 1. The highest BCUT2D eigenvalue weighted by Crippen LogP contribution is 2.40. The monoisotopic (exact) mass is 582 g/mol. The SMILES string of the molecule is O[C@@H]1[C@@H](CNCCCNCCc2ccccc2)C[C@@H](n2cc(-c3nc(Cc4ccccc4)cs3)c3cncnc32)[C@@H]1O. The van der Waals surface area contributed by atoms with Gasteiger partial charge in [-0.15, -0.1) is 11.3 Å². The number of benzene rings is 2. The molecule has 0 radical (unpaired) electrons. The van der Waals surface area contributed by atoms with E-state index in [-0.39, 0.29) is 12.0 Å². The van der Waals surface area contributed by atoms with Crippen molar-refractivity contribution < 1.29 is 10.2 Å². The zero-order chi connectivity index (χ0) is 28.7. The fourth-order valence-electron chi connectivity index (χ4n) is 5.93. The maximum Gasteiger partial charge on any atom is 0.144 e. The minimum atomic E-state index is -0.875. The van der Waals surface area contributed by atoms with Gasteiger partial charge in [0.05, 0.1) is 17.8 Å². The highest BCUT2D eigenvalue weighted by Gasteiger charge is 2.42. The normalized spacial score (nSPS) is 20.4. The van der Waals surface area contributed by atoms with Gasteiger partial charge in [0.1, 0.15) is 23.1 Å². The Balaban J connectivity index is 1.05. The molecule has 0 unspecified atom stereocenters. The highest BCUT2D eigenvalue weighted by atomic mass is 32.1. The van der Waals surface area contributed by atoms with Crippen molar-refractivity contribution in [1.29, 1.82) is 0 Å². The maximum absolute atomic E-state index is 11.1. The van der Waals surface area contributed by atoms with Crippen LogP contribution >= 0.6 is 11.3 Å². The van der Waals surface area contributed by atoms with Gasteiger partial charge in [0, 0.05) is 47.6 Å². The molecule has 5 aromatic rings. The standard InChI is InChI=1S/C33H38N6O2S/c40-30-25(18-35-14-7-13-34-15-12-23-8-3-1-4-9-23)17-29(31(30)41)39-20-28(27-19-36-22-37-32(27)39)33-38-26(21-42-33)16-24-10-5-2-6-11-24/h1-6,8-11,19-22,25,29-31,34-35,40-41H,7,12-18H2/t25-,29-,30-,31+/m1/s1. The van der Waals surface area contributed by atoms with Crippen molar-refractivity contribution in [3.05, 3.63) is 102 Å². The number of hydrogen-bond acceptors (Lipinski definition) is 8. The maximum atomic E-state index is 11.1. The average Bonchev–Trinajstić information content (AvgIpc) is 3.72. The molecule has 4 N–H and O–H groups in total. The van der Waals surface area contributed by atoms with Gasteiger partial charge >= 0.3 is 0 Å². The molecule has 0 saturated heterocycles. The van der Waals surface area contributed by atoms with E-state index in [0.717, 1.165) is 66.2 Å². The van der Waals surface area contributed by atoms with Crippen LogP contribution in [0.3, 0.4) is 0 Å². The molecule has 1 fully saturated rings. The van der Waals surface area contributed by atoms with Crippen molar-refractivity contribution in [2.75, 3.05) is 26.2 Å². The van der Waals surface area contributed by atoms with E-state index in [1.165, 1.54) is 17.5 Å². The molecule has 2 aromatic carbocycles. The Kier molecular flexibility index (Phi) is 9.32. The summed E-state index contributed by atoms with van der Waals surface area (Å²) in [6.45, 7) is 3.43. The van der Waals surface area contributed by atoms with Crippen LogP contribution < -0.4 is 10.6 Å². The van der Waals surface area contributed by atoms with E-state index in [1.807, 2.05) is 41.2 Å². The minimum absolute atomic E-state index is 0.0453. The average molecular weight is 583 g/mol. The quantitative estimate of drug-likeness (QED) is 0.154. The summed E-state index contributed by atoms with van der Waals surface area (Å²) in [5.74, 6) is -0.0453. The molecule has 1 aliphatic rings. The smallest absolute Gasteiger partial charge is 0.144 e. The molecule has 8 nitrogen and oxygen atoms in total. The Morgan fingerprint density at radius 3 is 2.48 bits per heavy atom. The Morgan fingerprint density at radius 2 is 1.67 bits per heavy atom. The zero-order valence-electron chi connectivity index (χ0n) is 23.6. The molecule has 0 spiro atoms. The number of nitrogens with zero attached hydrogens (tertiary/aromatic N) is 4. The molecular formula is C33H38N6O2S. The lowest BCUT2D eigenvalue weighted by Gasteiger charge is -2.19. The van der Waals surface area contributed by atoms with Crippen molar-refractivity contribution in [3.8, 4) is 10.6 Å². The fourth-order valence-corrected chi connectivity index (χ4v) is 6.78. The first-order valence-corrected chi connectivity index (χ1v) is 15.7. The van der Waals surface area contributed by atoms with E-state index in [2.05, 4.69) is 62.4 Å². The molecule has 0 bridgehead atoms. The van der Waals surface area contributed by atoms with E-state index >= 15 is 0 Å². The molecule has 0 amide bonds. The van der Waals surface area contributed by atoms with Gasteiger partial charge in [-0.1, -0.05) is 60.7 Å². The molecule has 42 heavy (non-hydrogen) atoms. The first-order chi connectivity index (χ1) is 20.7. The van der Waals surface area contributed by atoms with Gasteiger partial charge in [-0.3, -0.25) is 0 Å². The van der Waals surface area contributed by atoms with Gasteiger partial charge < -0.3 is 25.4 Å². The molecule has 6 rings (SSSR count). The predicted molar refractivity (Wildman–Crippen MR) is 168 cm³/mol. The Bertz CT molecular complexity index is 1560. The summed E-state index contributed by atoms with van der Waals surface area (Å²) in [5, 5.41) is 33.0. The van der Waals surface area contributed by atoms with Gasteiger partial charge in [-0.25, -0.2) is 15.0 Å². The number of aromatic nitrogens is 4. The molecular weight excluding hydrogens is 544 g/mol. The van der Waals surface area contributed by atoms with Crippen molar-refractivity contribution in [2.24, 2.45) is 5.92 Å². The second-order valence-corrected chi connectivity index (χ2v) is 12.0. The summed E-state index contributed by atoms with van der Waals surface area (Å²) < 4.78 is 2.02. The number of hydrogen-bond donors (Lipinski definition) is 4. The van der Waals surface area contributed by atoms with Crippen LogP contribution in [0.1, 0.15) is 35.7 Å². The van der Waals surface area contributed by atoms with Gasteiger partial charge in [0.15, 0.2) is 0 Å². The van der Waals surface area contributed by atoms with Gasteiger partial charge in [-0.2, -0.15) is 0 Å². The summed E-state index contributed by atoms with van der Waals surface area (Å²) in [6.07, 6.45) is 7.18. The fraction of sp³-hybridized carbons (Fsp3) is 0.364. The third kappa shape index (κ3) is 6.61. The zero-order valence-corrected chi connectivity index (χ0v) is 24.5. The first-order valence-electron chi connectivity index (χ1n) is 14.8. The topological polar surface area (TPSA) is 108 Å². The van der Waals surface area contributed by atoms with E-state index in [4.69, 9.17) is 4.98 Å². The number of rotatable bonds is 13. The van der Waals surface area contributed by atoms with Crippen LogP contribution in [0.5, 0.6) is 0 Å². The molecule has 4 atom stereocenters. The molecule has 1 aliphatic carbocycles.